The van der Waals surface area contributed by atoms with Crippen molar-refractivity contribution in [2.24, 2.45) is 10.7 Å². The van der Waals surface area contributed by atoms with Crippen LogP contribution in [0.3, 0.4) is 0 Å². The number of aliphatic imine (C=N–C) groups is 1. The number of aryl methyl sites for hydroxylation is 1. The van der Waals surface area contributed by atoms with Gasteiger partial charge in [-0.2, -0.15) is 5.10 Å². The lowest BCUT2D eigenvalue weighted by atomic mass is 9.98. The van der Waals surface area contributed by atoms with Gasteiger partial charge in [0.1, 0.15) is 5.82 Å². The van der Waals surface area contributed by atoms with Crippen LogP contribution >= 0.6 is 0 Å². The minimum atomic E-state index is -0.102. The van der Waals surface area contributed by atoms with Gasteiger partial charge in [0.05, 0.1) is 23.1 Å². The van der Waals surface area contributed by atoms with Crippen LogP contribution in [0.5, 0.6) is 0 Å². The summed E-state index contributed by atoms with van der Waals surface area (Å²) in [5.74, 6) is 0.917. The molecule has 2 fully saturated rings. The van der Waals surface area contributed by atoms with Gasteiger partial charge in [0.25, 0.3) is 5.91 Å². The van der Waals surface area contributed by atoms with E-state index in [2.05, 4.69) is 23.5 Å². The monoisotopic (exact) mass is 446 g/mol. The van der Waals surface area contributed by atoms with E-state index in [0.717, 1.165) is 61.5 Å². The molecule has 9 heteroatoms. The summed E-state index contributed by atoms with van der Waals surface area (Å²) >= 11 is 0. The largest absolute Gasteiger partial charge is 0.397 e. The van der Waals surface area contributed by atoms with Crippen molar-refractivity contribution in [2.75, 3.05) is 30.3 Å². The first kappa shape index (κ1) is 21.4. The van der Waals surface area contributed by atoms with Gasteiger partial charge in [-0.1, -0.05) is 0 Å². The second-order valence-electron chi connectivity index (χ2n) is 9.06. The highest BCUT2D eigenvalue weighted by Crippen LogP contribution is 2.33. The zero-order valence-corrected chi connectivity index (χ0v) is 18.9. The number of nitrogens with zero attached hydrogens (tertiary/aromatic N) is 6. The maximum Gasteiger partial charge on any atom is 0.254 e. The smallest absolute Gasteiger partial charge is 0.254 e. The Balaban J connectivity index is 1.46. The molecule has 172 valence electrons. The molecule has 0 aliphatic carbocycles. The van der Waals surface area contributed by atoms with Crippen LogP contribution in [0.2, 0.25) is 0 Å². The molecule has 3 aromatic rings. The number of likely N-dealkylation sites (tertiary alicyclic amines) is 1. The number of carbonyl (C=O) groups excluding carboxylic acids is 1. The Morgan fingerprint density at radius 2 is 2.06 bits per heavy atom. The Morgan fingerprint density at radius 3 is 2.79 bits per heavy atom. The van der Waals surface area contributed by atoms with Crippen LogP contribution in [0.25, 0.3) is 5.65 Å². The Hall–Kier alpha value is -3.46. The third-order valence-electron chi connectivity index (χ3n) is 6.70. The van der Waals surface area contributed by atoms with Crippen LogP contribution in [0.1, 0.15) is 53.3 Å². The van der Waals surface area contributed by atoms with Crippen molar-refractivity contribution >= 4 is 35.5 Å². The highest BCUT2D eigenvalue weighted by molar-refractivity contribution is 5.96. The summed E-state index contributed by atoms with van der Waals surface area (Å²) in [6, 6.07) is 7.27. The minimum absolute atomic E-state index is 0.0463. The molecule has 2 aliphatic rings. The van der Waals surface area contributed by atoms with Gasteiger partial charge in [0, 0.05) is 49.1 Å². The molecule has 0 saturated carbocycles. The molecule has 2 saturated heterocycles. The van der Waals surface area contributed by atoms with Crippen LogP contribution in [0.15, 0.2) is 35.5 Å². The van der Waals surface area contributed by atoms with Crippen molar-refractivity contribution in [1.29, 1.82) is 0 Å². The second kappa shape index (κ2) is 8.47. The normalized spacial score (nSPS) is 21.0. The second-order valence-corrected chi connectivity index (χ2v) is 9.06. The Bertz CT molecular complexity index is 1220. The molecule has 0 radical (unpaired) electrons. The van der Waals surface area contributed by atoms with Crippen molar-refractivity contribution in [3.05, 3.63) is 47.3 Å². The van der Waals surface area contributed by atoms with Crippen LogP contribution in [0, 0.1) is 6.92 Å². The summed E-state index contributed by atoms with van der Waals surface area (Å²) in [5, 5.41) is 4.82. The van der Waals surface area contributed by atoms with Crippen molar-refractivity contribution < 1.29 is 4.79 Å². The van der Waals surface area contributed by atoms with E-state index in [9.17, 15) is 4.79 Å². The number of fused-ring (bicyclic) bond motifs is 1. The first-order valence-electron chi connectivity index (χ1n) is 11.5. The van der Waals surface area contributed by atoms with Gasteiger partial charge in [0.15, 0.2) is 5.65 Å². The Labute approximate surface area is 193 Å². The number of benzene rings is 1. The molecule has 5 rings (SSSR count). The zero-order chi connectivity index (χ0) is 23.1. The first-order valence-corrected chi connectivity index (χ1v) is 11.5. The highest BCUT2D eigenvalue weighted by atomic mass is 16.2. The zero-order valence-electron chi connectivity index (χ0n) is 18.9. The maximum atomic E-state index is 13.4. The van der Waals surface area contributed by atoms with Crippen molar-refractivity contribution in [1.82, 2.24) is 19.5 Å². The lowest BCUT2D eigenvalue weighted by molar-refractivity contribution is 0.0606. The van der Waals surface area contributed by atoms with Crippen molar-refractivity contribution in [2.45, 2.75) is 44.7 Å². The van der Waals surface area contributed by atoms with Gasteiger partial charge in [0.2, 0.25) is 0 Å². The lowest BCUT2D eigenvalue weighted by Crippen LogP contribution is -2.38. The number of piperidine rings is 1. The molecular formula is C24H30N8O. The number of hydrogen-bond acceptors (Lipinski definition) is 7. The molecule has 0 unspecified atom stereocenters. The topological polar surface area (TPSA) is 118 Å². The van der Waals surface area contributed by atoms with Crippen LogP contribution in [-0.4, -0.2) is 57.8 Å². The summed E-state index contributed by atoms with van der Waals surface area (Å²) in [6.45, 7) is 7.99. The SMILES string of the molecule is C=Nc1ccc(C(=O)N2CCCC[C@H]2c2cc3nc(N4CC[C@H](N)C4)c(C)cn3n2)cc1N. The van der Waals surface area contributed by atoms with E-state index in [1.165, 1.54) is 0 Å². The molecule has 1 aromatic carbocycles. The highest BCUT2D eigenvalue weighted by Gasteiger charge is 2.31. The number of aromatic nitrogens is 3. The molecular weight excluding hydrogens is 416 g/mol. The third kappa shape index (κ3) is 3.93. The fourth-order valence-electron chi connectivity index (χ4n) is 4.96. The fraction of sp³-hybridized carbons (Fsp3) is 0.417. The quantitative estimate of drug-likeness (QED) is 0.470. The minimum Gasteiger partial charge on any atom is -0.397 e. The average Bonchev–Trinajstić information content (AvgIpc) is 3.43. The number of anilines is 2. The summed E-state index contributed by atoms with van der Waals surface area (Å²) in [7, 11) is 0. The van der Waals surface area contributed by atoms with E-state index in [-0.39, 0.29) is 18.0 Å². The Morgan fingerprint density at radius 1 is 1.21 bits per heavy atom. The van der Waals surface area contributed by atoms with Gasteiger partial charge in [-0.05, 0) is 57.5 Å². The summed E-state index contributed by atoms with van der Waals surface area (Å²) in [6.07, 6.45) is 5.87. The first-order chi connectivity index (χ1) is 15.9. The van der Waals surface area contributed by atoms with Gasteiger partial charge < -0.3 is 21.3 Å². The molecule has 2 aliphatic heterocycles. The predicted octanol–water partition coefficient (Wildman–Crippen LogP) is 2.86. The maximum absolute atomic E-state index is 13.4. The van der Waals surface area contributed by atoms with Crippen molar-refractivity contribution in [3.63, 3.8) is 0 Å². The lowest BCUT2D eigenvalue weighted by Gasteiger charge is -2.34. The van der Waals surface area contributed by atoms with Crippen molar-refractivity contribution in [3.8, 4) is 0 Å². The summed E-state index contributed by atoms with van der Waals surface area (Å²) in [5.41, 5.74) is 16.4. The Kier molecular flexibility index (Phi) is 5.49. The number of nitrogens with two attached hydrogens (primary N) is 2. The standard InChI is InChI=1S/C24H30N8O/c1-15-13-32-22(28-23(15)30-10-8-17(25)14-30)12-20(29-32)21-5-3-4-9-31(21)24(33)16-6-7-19(27-2)18(26)11-16/h6-7,11-13,17,21H,2-5,8-10,14,25-26H2,1H3/t17-,21-/m0/s1. The number of carbonyl (C=O) groups is 1. The molecule has 0 bridgehead atoms. The van der Waals surface area contributed by atoms with Gasteiger partial charge in [-0.15, -0.1) is 0 Å². The molecule has 2 atom stereocenters. The van der Waals surface area contributed by atoms with Gasteiger partial charge in [-0.25, -0.2) is 9.50 Å². The van der Waals surface area contributed by atoms with E-state index >= 15 is 0 Å². The van der Waals surface area contributed by atoms with E-state index in [4.69, 9.17) is 21.5 Å². The summed E-state index contributed by atoms with van der Waals surface area (Å²) in [4.78, 5) is 26.4. The molecule has 2 aromatic heterocycles. The molecule has 9 nitrogen and oxygen atoms in total. The van der Waals surface area contributed by atoms with Gasteiger partial charge >= 0.3 is 0 Å². The fourth-order valence-corrected chi connectivity index (χ4v) is 4.96. The van der Waals surface area contributed by atoms with E-state index < -0.39 is 0 Å². The van der Waals surface area contributed by atoms with Crippen LogP contribution < -0.4 is 16.4 Å². The number of rotatable bonds is 4. The number of hydrogen-bond donors (Lipinski definition) is 2. The van der Waals surface area contributed by atoms with E-state index in [0.29, 0.717) is 23.5 Å². The van der Waals surface area contributed by atoms with Crippen LogP contribution in [-0.2, 0) is 0 Å². The van der Waals surface area contributed by atoms with Gasteiger partial charge in [-0.3, -0.25) is 9.79 Å². The number of nitrogen functional groups attached to an aromatic ring is 1. The molecule has 1 amide bonds. The van der Waals surface area contributed by atoms with E-state index in [1.807, 2.05) is 21.7 Å². The molecule has 4 N–H and O–H groups in total. The summed E-state index contributed by atoms with van der Waals surface area (Å²) < 4.78 is 1.82. The van der Waals surface area contributed by atoms with Crippen LogP contribution in [0.4, 0.5) is 17.2 Å². The average molecular weight is 447 g/mol. The molecule has 0 spiro atoms. The number of amides is 1. The van der Waals surface area contributed by atoms with E-state index in [1.54, 1.807) is 18.2 Å². The predicted molar refractivity (Wildman–Crippen MR) is 130 cm³/mol. The third-order valence-corrected chi connectivity index (χ3v) is 6.70. The molecule has 4 heterocycles. The molecule has 33 heavy (non-hydrogen) atoms.